The van der Waals surface area contributed by atoms with Crippen molar-refractivity contribution in [1.82, 2.24) is 14.8 Å². The highest BCUT2D eigenvalue weighted by atomic mass is 15.3. The molecule has 0 saturated carbocycles. The average Bonchev–Trinajstić information content (AvgIpc) is 2.81. The van der Waals surface area contributed by atoms with Gasteiger partial charge in [0.1, 0.15) is 11.6 Å². The molecule has 2 rings (SSSR count). The van der Waals surface area contributed by atoms with E-state index in [0.29, 0.717) is 12.5 Å². The Morgan fingerprint density at radius 1 is 1.11 bits per heavy atom. The minimum atomic E-state index is 0.229. The lowest BCUT2D eigenvalue weighted by atomic mass is 10.0. The molecule has 4 nitrogen and oxygen atoms in total. The van der Waals surface area contributed by atoms with E-state index in [1.54, 1.807) is 0 Å². The van der Waals surface area contributed by atoms with Gasteiger partial charge in [-0.3, -0.25) is 0 Å². The van der Waals surface area contributed by atoms with E-state index in [1.165, 1.54) is 5.56 Å². The predicted octanol–water partition coefficient (Wildman–Crippen LogP) is 2.54. The van der Waals surface area contributed by atoms with E-state index in [-0.39, 0.29) is 5.92 Å². The molecule has 0 aliphatic rings. The number of aromatic nitrogens is 3. The molecule has 0 saturated heterocycles. The van der Waals surface area contributed by atoms with Crippen LogP contribution in [0.5, 0.6) is 0 Å². The zero-order chi connectivity index (χ0) is 13.8. The Balaban J connectivity index is 2.36. The molecule has 1 aromatic carbocycles. The third-order valence-electron chi connectivity index (χ3n) is 3.27. The molecule has 0 bridgehead atoms. The van der Waals surface area contributed by atoms with Crippen LogP contribution in [0.15, 0.2) is 30.3 Å². The molecule has 0 spiro atoms. The van der Waals surface area contributed by atoms with E-state index in [1.807, 2.05) is 6.07 Å². The second kappa shape index (κ2) is 5.97. The monoisotopic (exact) mass is 258 g/mol. The third-order valence-corrected chi connectivity index (χ3v) is 3.27. The van der Waals surface area contributed by atoms with Crippen LogP contribution in [0.2, 0.25) is 0 Å². The fraction of sp³-hybridized carbons (Fsp3) is 0.467. The quantitative estimate of drug-likeness (QED) is 0.896. The highest BCUT2D eigenvalue weighted by molar-refractivity contribution is 5.25. The standard InChI is InChI=1S/C15H22N4/c1-11(2)10-19-14(9-16)17-18-15(19)12(3)13-7-5-4-6-8-13/h4-8,11-12H,9-10,16H2,1-3H3. The van der Waals surface area contributed by atoms with E-state index in [2.05, 4.69) is 59.8 Å². The Bertz CT molecular complexity index is 516. The van der Waals surface area contributed by atoms with Gasteiger partial charge in [0.05, 0.1) is 6.54 Å². The van der Waals surface area contributed by atoms with Gasteiger partial charge < -0.3 is 10.3 Å². The predicted molar refractivity (Wildman–Crippen MR) is 76.7 cm³/mol. The van der Waals surface area contributed by atoms with Gasteiger partial charge in [0.15, 0.2) is 0 Å². The van der Waals surface area contributed by atoms with Crippen molar-refractivity contribution in [2.75, 3.05) is 0 Å². The summed E-state index contributed by atoms with van der Waals surface area (Å²) in [5, 5.41) is 8.57. The fourth-order valence-electron chi connectivity index (χ4n) is 2.28. The molecular weight excluding hydrogens is 236 g/mol. The van der Waals surface area contributed by atoms with Crippen LogP contribution in [0, 0.1) is 5.92 Å². The number of rotatable bonds is 5. The second-order valence-electron chi connectivity index (χ2n) is 5.32. The zero-order valence-corrected chi connectivity index (χ0v) is 11.9. The van der Waals surface area contributed by atoms with Gasteiger partial charge in [0, 0.05) is 12.5 Å². The zero-order valence-electron chi connectivity index (χ0n) is 11.9. The van der Waals surface area contributed by atoms with Gasteiger partial charge in [-0.25, -0.2) is 0 Å². The Labute approximate surface area is 114 Å². The molecule has 0 aliphatic heterocycles. The van der Waals surface area contributed by atoms with E-state index >= 15 is 0 Å². The summed E-state index contributed by atoms with van der Waals surface area (Å²) in [6.07, 6.45) is 0. The van der Waals surface area contributed by atoms with Crippen LogP contribution in [0.4, 0.5) is 0 Å². The summed E-state index contributed by atoms with van der Waals surface area (Å²) in [7, 11) is 0. The maximum atomic E-state index is 5.76. The summed E-state index contributed by atoms with van der Waals surface area (Å²) in [5.41, 5.74) is 7.01. The summed E-state index contributed by atoms with van der Waals surface area (Å²) < 4.78 is 2.17. The van der Waals surface area contributed by atoms with Crippen LogP contribution in [0.3, 0.4) is 0 Å². The minimum absolute atomic E-state index is 0.229. The van der Waals surface area contributed by atoms with Crippen molar-refractivity contribution in [3.63, 3.8) is 0 Å². The fourth-order valence-corrected chi connectivity index (χ4v) is 2.28. The first kappa shape index (κ1) is 13.7. The Hall–Kier alpha value is -1.68. The summed E-state index contributed by atoms with van der Waals surface area (Å²) in [6.45, 7) is 7.89. The third kappa shape index (κ3) is 3.01. The van der Waals surface area contributed by atoms with Crippen LogP contribution in [-0.4, -0.2) is 14.8 Å². The molecule has 0 fully saturated rings. The number of benzene rings is 1. The maximum Gasteiger partial charge on any atom is 0.146 e. The van der Waals surface area contributed by atoms with Crippen LogP contribution < -0.4 is 5.73 Å². The minimum Gasteiger partial charge on any atom is -0.324 e. The largest absolute Gasteiger partial charge is 0.324 e. The number of hydrogen-bond donors (Lipinski definition) is 1. The SMILES string of the molecule is CC(C)Cn1c(CN)nnc1C(C)c1ccccc1. The highest BCUT2D eigenvalue weighted by Crippen LogP contribution is 2.23. The van der Waals surface area contributed by atoms with E-state index in [9.17, 15) is 0 Å². The van der Waals surface area contributed by atoms with E-state index in [0.717, 1.165) is 18.2 Å². The molecule has 2 N–H and O–H groups in total. The molecule has 0 radical (unpaired) electrons. The number of nitrogens with two attached hydrogens (primary N) is 1. The Morgan fingerprint density at radius 2 is 1.79 bits per heavy atom. The molecule has 1 unspecified atom stereocenters. The molecule has 1 atom stereocenters. The lowest BCUT2D eigenvalue weighted by Crippen LogP contribution is -2.16. The van der Waals surface area contributed by atoms with E-state index in [4.69, 9.17) is 5.73 Å². The molecule has 4 heteroatoms. The van der Waals surface area contributed by atoms with Gasteiger partial charge in [-0.15, -0.1) is 10.2 Å². The van der Waals surface area contributed by atoms with Crippen molar-refractivity contribution in [3.8, 4) is 0 Å². The van der Waals surface area contributed by atoms with Crippen molar-refractivity contribution < 1.29 is 0 Å². The van der Waals surface area contributed by atoms with Crippen molar-refractivity contribution in [1.29, 1.82) is 0 Å². The summed E-state index contributed by atoms with van der Waals surface area (Å²) >= 11 is 0. The lowest BCUT2D eigenvalue weighted by Gasteiger charge is -2.16. The van der Waals surface area contributed by atoms with Gasteiger partial charge in [0.2, 0.25) is 0 Å². The van der Waals surface area contributed by atoms with Crippen LogP contribution in [0.1, 0.15) is 43.9 Å². The average molecular weight is 258 g/mol. The van der Waals surface area contributed by atoms with Gasteiger partial charge in [-0.2, -0.15) is 0 Å². The topological polar surface area (TPSA) is 56.7 Å². The molecule has 0 amide bonds. The van der Waals surface area contributed by atoms with Gasteiger partial charge in [0.25, 0.3) is 0 Å². The first-order valence-electron chi connectivity index (χ1n) is 6.80. The van der Waals surface area contributed by atoms with Crippen LogP contribution in [0.25, 0.3) is 0 Å². The Morgan fingerprint density at radius 3 is 2.37 bits per heavy atom. The summed E-state index contributed by atoms with van der Waals surface area (Å²) in [5.74, 6) is 2.64. The van der Waals surface area contributed by atoms with Crippen molar-refractivity contribution in [2.24, 2.45) is 11.7 Å². The number of hydrogen-bond acceptors (Lipinski definition) is 3. The van der Waals surface area contributed by atoms with E-state index < -0.39 is 0 Å². The van der Waals surface area contributed by atoms with Crippen molar-refractivity contribution in [2.45, 2.75) is 39.8 Å². The van der Waals surface area contributed by atoms with Gasteiger partial charge in [-0.1, -0.05) is 51.1 Å². The molecule has 19 heavy (non-hydrogen) atoms. The van der Waals surface area contributed by atoms with Crippen LogP contribution in [-0.2, 0) is 13.1 Å². The second-order valence-corrected chi connectivity index (χ2v) is 5.32. The van der Waals surface area contributed by atoms with Crippen molar-refractivity contribution in [3.05, 3.63) is 47.5 Å². The maximum absolute atomic E-state index is 5.76. The normalized spacial score (nSPS) is 12.9. The smallest absolute Gasteiger partial charge is 0.146 e. The summed E-state index contributed by atoms with van der Waals surface area (Å²) in [4.78, 5) is 0. The van der Waals surface area contributed by atoms with Gasteiger partial charge in [-0.05, 0) is 11.5 Å². The lowest BCUT2D eigenvalue weighted by molar-refractivity contribution is 0.487. The first-order valence-corrected chi connectivity index (χ1v) is 6.80. The summed E-state index contributed by atoms with van der Waals surface area (Å²) in [6, 6.07) is 10.4. The molecule has 0 aliphatic carbocycles. The highest BCUT2D eigenvalue weighted by Gasteiger charge is 2.18. The van der Waals surface area contributed by atoms with Gasteiger partial charge >= 0.3 is 0 Å². The number of nitrogens with zero attached hydrogens (tertiary/aromatic N) is 3. The molecule has 1 aromatic heterocycles. The molecule has 1 heterocycles. The molecular formula is C15H22N4. The van der Waals surface area contributed by atoms with Crippen LogP contribution >= 0.6 is 0 Å². The molecule has 102 valence electrons. The first-order chi connectivity index (χ1) is 9.13. The van der Waals surface area contributed by atoms with Crippen molar-refractivity contribution >= 4 is 0 Å². The molecule has 2 aromatic rings. The Kier molecular flexibility index (Phi) is 4.32.